The number of ether oxygens (including phenoxy) is 1. The lowest BCUT2D eigenvalue weighted by Gasteiger charge is -2.07. The fourth-order valence-corrected chi connectivity index (χ4v) is 2.62. The molecule has 0 aliphatic carbocycles. The number of unbranched alkanes of at least 4 members (excludes halogenated alkanes) is 2. The minimum Gasteiger partial charge on any atom is -0.493 e. The Morgan fingerprint density at radius 3 is 2.64 bits per heavy atom. The standard InChI is InChI=1S/C18H17ClO3/c19-10-4-1-5-11-21-13-8-9-15-17(12-13)22-16-7-3-2-6-14(16)18(15)20/h2-3,6-9,12H,1,4-5,10-11H2. The highest BCUT2D eigenvalue weighted by Gasteiger charge is 2.08. The Hall–Kier alpha value is -2.00. The molecule has 0 aliphatic rings. The Balaban J connectivity index is 1.86. The van der Waals surface area contributed by atoms with E-state index < -0.39 is 0 Å². The van der Waals surface area contributed by atoms with Crippen LogP contribution in [0.5, 0.6) is 5.75 Å². The van der Waals surface area contributed by atoms with E-state index in [-0.39, 0.29) is 5.43 Å². The molecule has 2 aromatic carbocycles. The number of halogens is 1. The van der Waals surface area contributed by atoms with Gasteiger partial charge in [-0.1, -0.05) is 12.1 Å². The fourth-order valence-electron chi connectivity index (χ4n) is 2.43. The highest BCUT2D eigenvalue weighted by Crippen LogP contribution is 2.23. The van der Waals surface area contributed by atoms with Crippen LogP contribution >= 0.6 is 11.6 Å². The third kappa shape index (κ3) is 3.09. The van der Waals surface area contributed by atoms with Crippen molar-refractivity contribution in [1.82, 2.24) is 0 Å². The maximum Gasteiger partial charge on any atom is 0.200 e. The lowest BCUT2D eigenvalue weighted by Crippen LogP contribution is -2.02. The quantitative estimate of drug-likeness (QED) is 0.375. The van der Waals surface area contributed by atoms with Gasteiger partial charge in [0, 0.05) is 11.9 Å². The van der Waals surface area contributed by atoms with Crippen molar-refractivity contribution in [3.8, 4) is 5.75 Å². The van der Waals surface area contributed by atoms with E-state index in [1.165, 1.54) is 0 Å². The molecule has 0 atom stereocenters. The average molecular weight is 317 g/mol. The molecule has 0 bridgehead atoms. The molecule has 1 heterocycles. The molecule has 1 aromatic heterocycles. The molecule has 0 fully saturated rings. The summed E-state index contributed by atoms with van der Waals surface area (Å²) in [6.07, 6.45) is 3.02. The van der Waals surface area contributed by atoms with Crippen LogP contribution in [0.15, 0.2) is 51.7 Å². The second kappa shape index (κ2) is 6.84. The number of benzene rings is 2. The van der Waals surface area contributed by atoms with Gasteiger partial charge in [0.25, 0.3) is 0 Å². The Morgan fingerprint density at radius 1 is 0.955 bits per heavy atom. The van der Waals surface area contributed by atoms with Gasteiger partial charge in [0.15, 0.2) is 0 Å². The minimum absolute atomic E-state index is 0.00878. The first-order valence-corrected chi connectivity index (χ1v) is 7.97. The van der Waals surface area contributed by atoms with Crippen LogP contribution in [0.25, 0.3) is 21.9 Å². The van der Waals surface area contributed by atoms with E-state index in [0.717, 1.165) is 25.0 Å². The van der Waals surface area contributed by atoms with Crippen molar-refractivity contribution < 1.29 is 9.15 Å². The zero-order chi connectivity index (χ0) is 15.4. The normalized spacial score (nSPS) is 11.1. The van der Waals surface area contributed by atoms with Crippen molar-refractivity contribution in [2.45, 2.75) is 19.3 Å². The first-order valence-electron chi connectivity index (χ1n) is 7.44. The molecule has 3 rings (SSSR count). The highest BCUT2D eigenvalue weighted by molar-refractivity contribution is 6.17. The number of hydrogen-bond donors (Lipinski definition) is 0. The van der Waals surface area contributed by atoms with Crippen LogP contribution in [0.2, 0.25) is 0 Å². The van der Waals surface area contributed by atoms with Gasteiger partial charge < -0.3 is 9.15 Å². The summed E-state index contributed by atoms with van der Waals surface area (Å²) in [4.78, 5) is 12.4. The van der Waals surface area contributed by atoms with Gasteiger partial charge in [-0.2, -0.15) is 0 Å². The Kier molecular flexibility index (Phi) is 4.64. The molecule has 22 heavy (non-hydrogen) atoms. The predicted octanol–water partition coefficient (Wildman–Crippen LogP) is 4.73. The van der Waals surface area contributed by atoms with E-state index >= 15 is 0 Å². The Morgan fingerprint density at radius 2 is 1.77 bits per heavy atom. The summed E-state index contributed by atoms with van der Waals surface area (Å²) in [5, 5.41) is 1.18. The number of para-hydroxylation sites is 1. The number of hydrogen-bond acceptors (Lipinski definition) is 3. The molecule has 0 N–H and O–H groups in total. The number of alkyl halides is 1. The van der Waals surface area contributed by atoms with Crippen LogP contribution < -0.4 is 10.2 Å². The van der Waals surface area contributed by atoms with Crippen LogP contribution in [-0.2, 0) is 0 Å². The second-order valence-corrected chi connectivity index (χ2v) is 5.56. The van der Waals surface area contributed by atoms with Gasteiger partial charge in [0.05, 0.1) is 17.4 Å². The van der Waals surface area contributed by atoms with Crippen LogP contribution in [0, 0.1) is 0 Å². The second-order valence-electron chi connectivity index (χ2n) is 5.18. The summed E-state index contributed by atoms with van der Waals surface area (Å²) in [5.74, 6) is 1.41. The van der Waals surface area contributed by atoms with E-state index in [1.807, 2.05) is 18.2 Å². The molecule has 0 aliphatic heterocycles. The van der Waals surface area contributed by atoms with Crippen molar-refractivity contribution in [2.75, 3.05) is 12.5 Å². The largest absolute Gasteiger partial charge is 0.493 e. The first kappa shape index (κ1) is 14.9. The predicted molar refractivity (Wildman–Crippen MR) is 90.1 cm³/mol. The summed E-state index contributed by atoms with van der Waals surface area (Å²) >= 11 is 5.64. The molecule has 0 saturated heterocycles. The van der Waals surface area contributed by atoms with Gasteiger partial charge in [-0.15, -0.1) is 11.6 Å². The van der Waals surface area contributed by atoms with Gasteiger partial charge in [-0.05, 0) is 43.5 Å². The van der Waals surface area contributed by atoms with Gasteiger partial charge in [-0.3, -0.25) is 4.79 Å². The first-order chi connectivity index (χ1) is 10.8. The molecule has 0 radical (unpaired) electrons. The fraction of sp³-hybridized carbons (Fsp3) is 0.278. The maximum absolute atomic E-state index is 12.4. The molecule has 3 aromatic rings. The zero-order valence-corrected chi connectivity index (χ0v) is 12.9. The van der Waals surface area contributed by atoms with E-state index in [4.69, 9.17) is 20.8 Å². The molecule has 4 heteroatoms. The smallest absolute Gasteiger partial charge is 0.200 e. The maximum atomic E-state index is 12.4. The van der Waals surface area contributed by atoms with Crippen molar-refractivity contribution in [1.29, 1.82) is 0 Å². The topological polar surface area (TPSA) is 39.4 Å². The molecule has 0 spiro atoms. The molecule has 0 saturated carbocycles. The number of rotatable bonds is 6. The average Bonchev–Trinajstić information content (AvgIpc) is 2.55. The third-order valence-corrected chi connectivity index (χ3v) is 3.86. The van der Waals surface area contributed by atoms with E-state index in [9.17, 15) is 4.79 Å². The van der Waals surface area contributed by atoms with E-state index in [0.29, 0.717) is 34.4 Å². The molecular formula is C18H17ClO3. The summed E-state index contributed by atoms with van der Waals surface area (Å²) in [6.45, 7) is 0.639. The molecule has 0 unspecified atom stereocenters. The molecular weight excluding hydrogens is 300 g/mol. The summed E-state index contributed by atoms with van der Waals surface area (Å²) < 4.78 is 11.5. The van der Waals surface area contributed by atoms with Gasteiger partial charge in [-0.25, -0.2) is 0 Å². The third-order valence-electron chi connectivity index (χ3n) is 3.60. The SMILES string of the molecule is O=c1c2ccccc2oc2cc(OCCCCCCl)ccc12. The van der Waals surface area contributed by atoms with Crippen molar-refractivity contribution in [3.05, 3.63) is 52.7 Å². The van der Waals surface area contributed by atoms with Gasteiger partial charge in [0.2, 0.25) is 5.43 Å². The van der Waals surface area contributed by atoms with Crippen LogP contribution in [0.3, 0.4) is 0 Å². The monoisotopic (exact) mass is 316 g/mol. The lowest BCUT2D eigenvalue weighted by molar-refractivity contribution is 0.306. The van der Waals surface area contributed by atoms with Crippen molar-refractivity contribution in [3.63, 3.8) is 0 Å². The van der Waals surface area contributed by atoms with Gasteiger partial charge in [0.1, 0.15) is 16.9 Å². The molecule has 3 nitrogen and oxygen atoms in total. The molecule has 0 amide bonds. The summed E-state index contributed by atoms with van der Waals surface area (Å²) in [5.41, 5.74) is 1.15. The Labute approximate surface area is 133 Å². The van der Waals surface area contributed by atoms with Crippen LogP contribution in [0.1, 0.15) is 19.3 Å². The van der Waals surface area contributed by atoms with Crippen molar-refractivity contribution in [2.24, 2.45) is 0 Å². The van der Waals surface area contributed by atoms with Crippen molar-refractivity contribution >= 4 is 33.5 Å². The van der Waals surface area contributed by atoms with E-state index in [2.05, 4.69) is 0 Å². The highest BCUT2D eigenvalue weighted by atomic mass is 35.5. The van der Waals surface area contributed by atoms with Crippen LogP contribution in [0.4, 0.5) is 0 Å². The van der Waals surface area contributed by atoms with E-state index in [1.54, 1.807) is 24.3 Å². The lowest BCUT2D eigenvalue weighted by atomic mass is 10.1. The Bertz CT molecular complexity index is 838. The summed E-state index contributed by atoms with van der Waals surface area (Å²) in [7, 11) is 0. The number of fused-ring (bicyclic) bond motifs is 2. The molecule has 114 valence electrons. The zero-order valence-electron chi connectivity index (χ0n) is 12.2. The summed E-state index contributed by atoms with van der Waals surface area (Å²) in [6, 6.07) is 12.6. The van der Waals surface area contributed by atoms with Crippen LogP contribution in [-0.4, -0.2) is 12.5 Å². The van der Waals surface area contributed by atoms with Gasteiger partial charge >= 0.3 is 0 Å². The minimum atomic E-state index is -0.00878.